The van der Waals surface area contributed by atoms with Gasteiger partial charge in [0.25, 0.3) is 0 Å². The number of hydrogen-bond acceptors (Lipinski definition) is 2. The molecule has 3 heterocycles. The molecule has 0 atom stereocenters. The van der Waals surface area contributed by atoms with Gasteiger partial charge in [-0.05, 0) is 42.6 Å². The summed E-state index contributed by atoms with van der Waals surface area (Å²) in [5.41, 5.74) is 3.26. The lowest BCUT2D eigenvalue weighted by molar-refractivity contribution is 0.271. The van der Waals surface area contributed by atoms with Crippen LogP contribution in [-0.2, 0) is 19.4 Å². The van der Waals surface area contributed by atoms with Gasteiger partial charge in [0.1, 0.15) is 5.00 Å². The molecule has 2 aromatic rings. The first-order valence-electron chi connectivity index (χ1n) is 7.32. The minimum absolute atomic E-state index is 1.15. The lowest BCUT2D eigenvalue weighted by Gasteiger charge is -2.25. The van der Waals surface area contributed by atoms with Crippen molar-refractivity contribution in [3.8, 4) is 5.00 Å². The summed E-state index contributed by atoms with van der Waals surface area (Å²) in [7, 11) is 0. The highest BCUT2D eigenvalue weighted by Gasteiger charge is 2.23. The van der Waals surface area contributed by atoms with Gasteiger partial charge in [-0.25, -0.2) is 0 Å². The molecule has 2 aromatic heterocycles. The van der Waals surface area contributed by atoms with Crippen molar-refractivity contribution < 1.29 is 0 Å². The van der Waals surface area contributed by atoms with Gasteiger partial charge in [0.2, 0.25) is 0 Å². The van der Waals surface area contributed by atoms with E-state index in [1.807, 2.05) is 11.3 Å². The third-order valence-corrected chi connectivity index (χ3v) is 5.28. The molecular weight excluding hydrogens is 252 g/mol. The van der Waals surface area contributed by atoms with Crippen LogP contribution < -0.4 is 0 Å². The Labute approximate surface area is 119 Å². The lowest BCUT2D eigenvalue weighted by Crippen LogP contribution is -2.29. The van der Waals surface area contributed by atoms with Crippen molar-refractivity contribution in [3.05, 3.63) is 40.5 Å². The summed E-state index contributed by atoms with van der Waals surface area (Å²) in [4.78, 5) is 4.15. The molecule has 1 aliphatic heterocycles. The number of rotatable bonds is 4. The van der Waals surface area contributed by atoms with Gasteiger partial charge in [-0.2, -0.15) is 0 Å². The van der Waals surface area contributed by atoms with Crippen LogP contribution in [0, 0.1) is 0 Å². The smallest absolute Gasteiger partial charge is 0.103 e. The normalized spacial score (nSPS) is 15.7. The van der Waals surface area contributed by atoms with E-state index in [0.717, 1.165) is 6.54 Å². The third-order valence-electron chi connectivity index (χ3n) is 4.01. The van der Waals surface area contributed by atoms with Crippen LogP contribution in [0.1, 0.15) is 36.3 Å². The van der Waals surface area contributed by atoms with Crippen LogP contribution in [0.5, 0.6) is 0 Å². The van der Waals surface area contributed by atoms with Gasteiger partial charge < -0.3 is 4.57 Å². The minimum atomic E-state index is 1.15. The second kappa shape index (κ2) is 5.51. The first-order chi connectivity index (χ1) is 9.33. The van der Waals surface area contributed by atoms with Crippen LogP contribution in [0.2, 0.25) is 0 Å². The molecular formula is C16H22N2S. The quantitative estimate of drug-likeness (QED) is 0.821. The van der Waals surface area contributed by atoms with E-state index in [1.165, 1.54) is 37.4 Å². The Morgan fingerprint density at radius 1 is 1.21 bits per heavy atom. The summed E-state index contributed by atoms with van der Waals surface area (Å²) in [6, 6.07) is 4.24. The highest BCUT2D eigenvalue weighted by molar-refractivity contribution is 7.14. The van der Waals surface area contributed by atoms with E-state index in [4.69, 9.17) is 0 Å². The van der Waals surface area contributed by atoms with E-state index in [9.17, 15) is 0 Å². The first-order valence-corrected chi connectivity index (χ1v) is 8.14. The Morgan fingerprint density at radius 2 is 2.00 bits per heavy atom. The van der Waals surface area contributed by atoms with E-state index in [-0.39, 0.29) is 0 Å². The zero-order valence-electron chi connectivity index (χ0n) is 11.9. The number of hydrogen-bond donors (Lipinski definition) is 0. The summed E-state index contributed by atoms with van der Waals surface area (Å²) in [6.45, 7) is 8.08. The summed E-state index contributed by atoms with van der Waals surface area (Å²) in [6.07, 6.45) is 8.03. The van der Waals surface area contributed by atoms with Crippen molar-refractivity contribution in [2.75, 3.05) is 13.1 Å². The Balaban J connectivity index is 2.03. The topological polar surface area (TPSA) is 8.17 Å². The number of nitrogens with zero attached hydrogens (tertiary/aromatic N) is 2. The van der Waals surface area contributed by atoms with Gasteiger partial charge in [-0.3, -0.25) is 4.90 Å². The summed E-state index contributed by atoms with van der Waals surface area (Å²) < 4.78 is 2.30. The molecule has 19 heavy (non-hydrogen) atoms. The summed E-state index contributed by atoms with van der Waals surface area (Å²) in [5, 5.41) is 1.45. The highest BCUT2D eigenvalue weighted by atomic mass is 32.1. The van der Waals surface area contributed by atoms with Crippen LogP contribution in [-0.4, -0.2) is 22.6 Å². The first kappa shape index (κ1) is 12.9. The maximum absolute atomic E-state index is 2.55. The van der Waals surface area contributed by atoms with Crippen molar-refractivity contribution >= 4 is 11.3 Å². The van der Waals surface area contributed by atoms with Crippen LogP contribution in [0.15, 0.2) is 24.5 Å². The Hall–Kier alpha value is -1.06. The summed E-state index contributed by atoms with van der Waals surface area (Å²) >= 11 is 2.00. The van der Waals surface area contributed by atoms with Crippen LogP contribution in [0.4, 0.5) is 0 Å². The Bertz CT molecular complexity index is 539. The molecule has 0 unspecified atom stereocenters. The van der Waals surface area contributed by atoms with E-state index in [1.54, 1.807) is 16.0 Å². The zero-order chi connectivity index (χ0) is 13.2. The SMILES string of the molecule is CCCc1c(-n2cccc2)sc2c1CCN(CC)C2. The minimum Gasteiger partial charge on any atom is -0.315 e. The second-order valence-electron chi connectivity index (χ2n) is 5.25. The Kier molecular flexibility index (Phi) is 3.76. The molecule has 0 N–H and O–H groups in total. The highest BCUT2D eigenvalue weighted by Crippen LogP contribution is 2.36. The Morgan fingerprint density at radius 3 is 2.68 bits per heavy atom. The third kappa shape index (κ3) is 2.37. The molecule has 0 fully saturated rings. The van der Waals surface area contributed by atoms with E-state index in [2.05, 4.69) is 47.8 Å². The fourth-order valence-electron chi connectivity index (χ4n) is 2.96. The number of fused-ring (bicyclic) bond motifs is 1. The maximum atomic E-state index is 2.55. The molecule has 102 valence electrons. The number of thiophene rings is 1. The number of likely N-dealkylation sites (N-methyl/N-ethyl adjacent to an activating group) is 1. The van der Waals surface area contributed by atoms with Gasteiger partial charge >= 0.3 is 0 Å². The van der Waals surface area contributed by atoms with Crippen molar-refractivity contribution in [1.82, 2.24) is 9.47 Å². The predicted octanol–water partition coefficient (Wildman–Crippen LogP) is 3.87. The van der Waals surface area contributed by atoms with E-state index in [0.29, 0.717) is 0 Å². The van der Waals surface area contributed by atoms with E-state index < -0.39 is 0 Å². The molecule has 0 radical (unpaired) electrons. The molecule has 0 saturated carbocycles. The van der Waals surface area contributed by atoms with Crippen LogP contribution in [0.3, 0.4) is 0 Å². The van der Waals surface area contributed by atoms with Gasteiger partial charge in [0.15, 0.2) is 0 Å². The van der Waals surface area contributed by atoms with Crippen LogP contribution in [0.25, 0.3) is 5.00 Å². The lowest BCUT2D eigenvalue weighted by atomic mass is 10.00. The van der Waals surface area contributed by atoms with Crippen molar-refractivity contribution in [1.29, 1.82) is 0 Å². The monoisotopic (exact) mass is 274 g/mol. The molecule has 0 aromatic carbocycles. The van der Waals surface area contributed by atoms with Crippen molar-refractivity contribution in [3.63, 3.8) is 0 Å². The van der Waals surface area contributed by atoms with Crippen LogP contribution >= 0.6 is 11.3 Å². The predicted molar refractivity (Wildman–Crippen MR) is 82.3 cm³/mol. The molecule has 2 nitrogen and oxygen atoms in total. The molecule has 0 bridgehead atoms. The van der Waals surface area contributed by atoms with Crippen molar-refractivity contribution in [2.24, 2.45) is 0 Å². The average molecular weight is 274 g/mol. The molecule has 3 rings (SSSR count). The fraction of sp³-hybridized carbons (Fsp3) is 0.500. The second-order valence-corrected chi connectivity index (χ2v) is 6.33. The summed E-state index contributed by atoms with van der Waals surface area (Å²) in [5.74, 6) is 0. The number of aromatic nitrogens is 1. The zero-order valence-corrected chi connectivity index (χ0v) is 12.7. The average Bonchev–Trinajstić information content (AvgIpc) is 3.06. The molecule has 0 aliphatic carbocycles. The van der Waals surface area contributed by atoms with Gasteiger partial charge in [0, 0.05) is 30.4 Å². The van der Waals surface area contributed by atoms with E-state index >= 15 is 0 Å². The molecule has 0 spiro atoms. The van der Waals surface area contributed by atoms with Crippen molar-refractivity contribution in [2.45, 2.75) is 39.7 Å². The standard InChI is InChI=1S/C16H22N2S/c1-3-7-14-13-8-11-17(4-2)12-15(13)19-16(14)18-9-5-6-10-18/h5-6,9-10H,3-4,7-8,11-12H2,1-2H3. The molecule has 0 saturated heterocycles. The molecule has 0 amide bonds. The van der Waals surface area contributed by atoms with Gasteiger partial charge in [-0.1, -0.05) is 20.3 Å². The fourth-order valence-corrected chi connectivity index (χ4v) is 4.37. The molecule has 1 aliphatic rings. The molecule has 3 heteroatoms. The maximum Gasteiger partial charge on any atom is 0.103 e. The van der Waals surface area contributed by atoms with Gasteiger partial charge in [-0.15, -0.1) is 11.3 Å². The largest absolute Gasteiger partial charge is 0.315 e. The van der Waals surface area contributed by atoms with Gasteiger partial charge in [0.05, 0.1) is 0 Å².